The molecule has 0 spiro atoms. The van der Waals surface area contributed by atoms with Crippen molar-refractivity contribution < 1.29 is 14.1 Å². The van der Waals surface area contributed by atoms with E-state index < -0.39 is 4.92 Å². The quantitative estimate of drug-likeness (QED) is 0.447. The van der Waals surface area contributed by atoms with E-state index in [1.165, 1.54) is 12.1 Å². The van der Waals surface area contributed by atoms with Gasteiger partial charge in [-0.05, 0) is 39.1 Å². The number of hydrogen-bond acceptors (Lipinski definition) is 7. The van der Waals surface area contributed by atoms with E-state index in [1.54, 1.807) is 19.2 Å². The predicted molar refractivity (Wildman–Crippen MR) is 104 cm³/mol. The number of ether oxygens (including phenoxy) is 1. The number of hydrogen-bond donors (Lipinski definition) is 0. The van der Waals surface area contributed by atoms with Crippen molar-refractivity contribution in [1.29, 1.82) is 0 Å². The number of non-ortho nitro benzene ring substituents is 1. The zero-order valence-electron chi connectivity index (χ0n) is 16.2. The molecule has 28 heavy (non-hydrogen) atoms. The monoisotopic (exact) mass is 382 g/mol. The second kappa shape index (κ2) is 8.18. The van der Waals surface area contributed by atoms with Gasteiger partial charge < -0.3 is 9.15 Å². The topological polar surface area (TPSA) is 94.5 Å². The van der Waals surface area contributed by atoms with Gasteiger partial charge in [-0.25, -0.2) is 0 Å². The first-order valence-electron chi connectivity index (χ1n) is 8.81. The summed E-state index contributed by atoms with van der Waals surface area (Å²) in [5.74, 6) is 1.64. The lowest BCUT2D eigenvalue weighted by atomic mass is 10.1. The Morgan fingerprint density at radius 3 is 2.57 bits per heavy atom. The van der Waals surface area contributed by atoms with Gasteiger partial charge in [-0.15, -0.1) is 10.2 Å². The summed E-state index contributed by atoms with van der Waals surface area (Å²) < 4.78 is 11.3. The van der Waals surface area contributed by atoms with E-state index in [-0.39, 0.29) is 11.7 Å². The second-order valence-electron chi connectivity index (χ2n) is 6.66. The fourth-order valence-corrected chi connectivity index (χ4v) is 2.87. The molecule has 1 heterocycles. The lowest BCUT2D eigenvalue weighted by Crippen LogP contribution is -2.22. The summed E-state index contributed by atoms with van der Waals surface area (Å²) in [6, 6.07) is 12.0. The molecule has 1 aromatic heterocycles. The van der Waals surface area contributed by atoms with Crippen LogP contribution in [0.25, 0.3) is 11.5 Å². The molecule has 0 unspecified atom stereocenters. The maximum absolute atomic E-state index is 10.8. The zero-order valence-corrected chi connectivity index (χ0v) is 16.2. The number of nitro benzene ring substituents is 1. The van der Waals surface area contributed by atoms with Gasteiger partial charge in [-0.2, -0.15) is 0 Å². The highest BCUT2D eigenvalue weighted by molar-refractivity contribution is 5.55. The molecule has 3 rings (SSSR count). The van der Waals surface area contributed by atoms with Gasteiger partial charge in [0.05, 0.1) is 18.1 Å². The number of methoxy groups -OCH3 is 1. The maximum Gasteiger partial charge on any atom is 0.269 e. The number of benzene rings is 2. The highest BCUT2D eigenvalue weighted by Crippen LogP contribution is 2.27. The molecule has 0 aliphatic heterocycles. The summed E-state index contributed by atoms with van der Waals surface area (Å²) in [5, 5.41) is 19.0. The molecule has 0 aliphatic rings. The van der Waals surface area contributed by atoms with E-state index in [0.29, 0.717) is 23.9 Å². The standard InChI is InChI=1S/C20H22N4O4/c1-13-5-10-18(27-4)16(11-13)12-23(3)14(2)19-21-22-20(28-19)15-6-8-17(9-7-15)24(25)26/h5-11,14H,12H2,1-4H3/t14-/m0/s1. The Kier molecular flexibility index (Phi) is 5.70. The lowest BCUT2D eigenvalue weighted by Gasteiger charge is -2.23. The SMILES string of the molecule is COc1ccc(C)cc1CN(C)[C@@H](C)c1nnc(-c2ccc([N+](=O)[O-])cc2)o1. The largest absolute Gasteiger partial charge is 0.496 e. The fraction of sp³-hybridized carbons (Fsp3) is 0.300. The molecule has 0 amide bonds. The Morgan fingerprint density at radius 1 is 1.21 bits per heavy atom. The van der Waals surface area contributed by atoms with Gasteiger partial charge in [-0.3, -0.25) is 15.0 Å². The van der Waals surface area contributed by atoms with Gasteiger partial charge in [0.15, 0.2) is 0 Å². The summed E-state index contributed by atoms with van der Waals surface area (Å²) in [6.07, 6.45) is 0. The molecule has 146 valence electrons. The van der Waals surface area contributed by atoms with Crippen molar-refractivity contribution in [2.45, 2.75) is 26.4 Å². The molecule has 1 atom stereocenters. The molecule has 3 aromatic rings. The van der Waals surface area contributed by atoms with Crippen molar-refractivity contribution in [2.75, 3.05) is 14.2 Å². The van der Waals surface area contributed by atoms with Crippen LogP contribution in [0.3, 0.4) is 0 Å². The van der Waals surface area contributed by atoms with Crippen LogP contribution in [-0.2, 0) is 6.54 Å². The summed E-state index contributed by atoms with van der Waals surface area (Å²) in [4.78, 5) is 12.4. The molecule has 0 N–H and O–H groups in total. The number of nitro groups is 1. The second-order valence-corrected chi connectivity index (χ2v) is 6.66. The molecule has 0 saturated heterocycles. The van der Waals surface area contributed by atoms with E-state index in [9.17, 15) is 10.1 Å². The van der Waals surface area contributed by atoms with Crippen LogP contribution in [0.1, 0.15) is 30.0 Å². The van der Waals surface area contributed by atoms with Crippen molar-refractivity contribution in [3.63, 3.8) is 0 Å². The zero-order chi connectivity index (χ0) is 20.3. The first-order valence-corrected chi connectivity index (χ1v) is 8.81. The average Bonchev–Trinajstić information content (AvgIpc) is 3.17. The molecule has 0 saturated carbocycles. The average molecular weight is 382 g/mol. The summed E-state index contributed by atoms with van der Waals surface area (Å²) in [5.41, 5.74) is 2.89. The van der Waals surface area contributed by atoms with E-state index >= 15 is 0 Å². The summed E-state index contributed by atoms with van der Waals surface area (Å²) in [6.45, 7) is 4.68. The van der Waals surface area contributed by atoms with Crippen LogP contribution in [0, 0.1) is 17.0 Å². The van der Waals surface area contributed by atoms with Gasteiger partial charge in [-0.1, -0.05) is 17.7 Å². The summed E-state index contributed by atoms with van der Waals surface area (Å²) >= 11 is 0. The normalized spacial score (nSPS) is 12.2. The molecule has 0 bridgehead atoms. The third kappa shape index (κ3) is 4.17. The minimum Gasteiger partial charge on any atom is -0.496 e. The highest BCUT2D eigenvalue weighted by atomic mass is 16.6. The fourth-order valence-electron chi connectivity index (χ4n) is 2.87. The Balaban J connectivity index is 1.75. The Labute approximate surface area is 162 Å². The van der Waals surface area contributed by atoms with Gasteiger partial charge >= 0.3 is 0 Å². The third-order valence-electron chi connectivity index (χ3n) is 4.64. The number of nitrogens with zero attached hydrogens (tertiary/aromatic N) is 4. The maximum atomic E-state index is 10.8. The van der Waals surface area contributed by atoms with Gasteiger partial charge in [0.1, 0.15) is 5.75 Å². The molecule has 8 nitrogen and oxygen atoms in total. The van der Waals surface area contributed by atoms with Crippen LogP contribution in [0.5, 0.6) is 5.75 Å². The van der Waals surface area contributed by atoms with Crippen LogP contribution >= 0.6 is 0 Å². The molecule has 2 aromatic carbocycles. The predicted octanol–water partition coefficient (Wildman–Crippen LogP) is 4.15. The first kappa shape index (κ1) is 19.5. The number of aromatic nitrogens is 2. The molecular formula is C20H22N4O4. The highest BCUT2D eigenvalue weighted by Gasteiger charge is 2.20. The van der Waals surface area contributed by atoms with Crippen molar-refractivity contribution in [3.8, 4) is 17.2 Å². The number of aryl methyl sites for hydroxylation is 1. The third-order valence-corrected chi connectivity index (χ3v) is 4.64. The van der Waals surface area contributed by atoms with Crippen LogP contribution < -0.4 is 4.74 Å². The summed E-state index contributed by atoms with van der Waals surface area (Å²) in [7, 11) is 3.63. The first-order chi connectivity index (χ1) is 13.4. The Bertz CT molecular complexity index is 969. The van der Waals surface area contributed by atoms with Crippen molar-refractivity contribution in [3.05, 3.63) is 69.6 Å². The van der Waals surface area contributed by atoms with Gasteiger partial charge in [0.25, 0.3) is 5.69 Å². The van der Waals surface area contributed by atoms with E-state index in [2.05, 4.69) is 21.2 Å². The molecule has 0 fully saturated rings. The van der Waals surface area contributed by atoms with Crippen LogP contribution in [0.2, 0.25) is 0 Å². The Hall–Kier alpha value is -3.26. The van der Waals surface area contributed by atoms with Crippen LogP contribution in [-0.4, -0.2) is 34.2 Å². The van der Waals surface area contributed by atoms with Crippen molar-refractivity contribution in [2.24, 2.45) is 0 Å². The number of rotatable bonds is 7. The van der Waals surface area contributed by atoms with E-state index in [1.807, 2.05) is 33.0 Å². The Morgan fingerprint density at radius 2 is 1.93 bits per heavy atom. The molecule has 8 heteroatoms. The molecular weight excluding hydrogens is 360 g/mol. The van der Waals surface area contributed by atoms with Crippen molar-refractivity contribution >= 4 is 5.69 Å². The molecule has 0 radical (unpaired) electrons. The minimum absolute atomic E-state index is 0.0173. The van der Waals surface area contributed by atoms with Gasteiger partial charge in [0.2, 0.25) is 11.8 Å². The van der Waals surface area contributed by atoms with E-state index in [4.69, 9.17) is 9.15 Å². The smallest absolute Gasteiger partial charge is 0.269 e. The minimum atomic E-state index is -0.445. The van der Waals surface area contributed by atoms with Crippen LogP contribution in [0.15, 0.2) is 46.9 Å². The lowest BCUT2D eigenvalue weighted by molar-refractivity contribution is -0.384. The van der Waals surface area contributed by atoms with Gasteiger partial charge in [0, 0.05) is 29.8 Å². The molecule has 0 aliphatic carbocycles. The van der Waals surface area contributed by atoms with E-state index in [0.717, 1.165) is 16.9 Å². The van der Waals surface area contributed by atoms with Crippen LogP contribution in [0.4, 0.5) is 5.69 Å². The van der Waals surface area contributed by atoms with Crippen molar-refractivity contribution in [1.82, 2.24) is 15.1 Å².